The van der Waals surface area contributed by atoms with Crippen LogP contribution in [0.25, 0.3) is 0 Å². The highest BCUT2D eigenvalue weighted by Gasteiger charge is 2.28. The van der Waals surface area contributed by atoms with Crippen LogP contribution in [0.2, 0.25) is 0 Å². The molecule has 0 radical (unpaired) electrons. The highest BCUT2D eigenvalue weighted by molar-refractivity contribution is 7.91. The standard InChI is InChI=1S/C18H28N2O4S/c1-3-13-25(23,24)17-8-6-5-7-16(17)18(22)20-11-9-19(10-12-20)15(4-2)14-21/h5-8,15,21H,3-4,9-14H2,1-2H3/t15-/m1/s1. The van der Waals surface area contributed by atoms with E-state index >= 15 is 0 Å². The van der Waals surface area contributed by atoms with Crippen molar-refractivity contribution >= 4 is 15.7 Å². The van der Waals surface area contributed by atoms with Gasteiger partial charge in [-0.3, -0.25) is 9.69 Å². The quantitative estimate of drug-likeness (QED) is 0.787. The van der Waals surface area contributed by atoms with Crippen LogP contribution in [0.1, 0.15) is 37.0 Å². The number of carbonyl (C=O) groups excluding carboxylic acids is 1. The summed E-state index contributed by atoms with van der Waals surface area (Å²) >= 11 is 0. The third kappa shape index (κ3) is 4.59. The fourth-order valence-corrected chi connectivity index (χ4v) is 4.79. The number of hydrogen-bond donors (Lipinski definition) is 1. The summed E-state index contributed by atoms with van der Waals surface area (Å²) in [7, 11) is -3.45. The molecule has 1 aromatic carbocycles. The van der Waals surface area contributed by atoms with Crippen LogP contribution in [0.3, 0.4) is 0 Å². The summed E-state index contributed by atoms with van der Waals surface area (Å²) < 4.78 is 24.9. The molecule has 1 heterocycles. The van der Waals surface area contributed by atoms with E-state index in [-0.39, 0.29) is 34.8 Å². The Morgan fingerprint density at radius 3 is 2.36 bits per heavy atom. The average Bonchev–Trinajstić information content (AvgIpc) is 2.63. The Morgan fingerprint density at radius 2 is 1.80 bits per heavy atom. The van der Waals surface area contributed by atoms with Gasteiger partial charge in [0, 0.05) is 32.2 Å². The van der Waals surface area contributed by atoms with Crippen molar-refractivity contribution in [3.63, 3.8) is 0 Å². The zero-order valence-corrected chi connectivity index (χ0v) is 15.8. The normalized spacial score (nSPS) is 17.5. The summed E-state index contributed by atoms with van der Waals surface area (Å²) in [6.45, 7) is 6.42. The third-order valence-electron chi connectivity index (χ3n) is 4.73. The molecular weight excluding hydrogens is 340 g/mol. The van der Waals surface area contributed by atoms with E-state index in [1.54, 1.807) is 23.1 Å². The Hall–Kier alpha value is -1.44. The highest BCUT2D eigenvalue weighted by Crippen LogP contribution is 2.21. The molecule has 0 spiro atoms. The Kier molecular flexibility index (Phi) is 6.98. The Labute approximate surface area is 150 Å². The highest BCUT2D eigenvalue weighted by atomic mass is 32.2. The van der Waals surface area contributed by atoms with Gasteiger partial charge in [0.25, 0.3) is 5.91 Å². The predicted molar refractivity (Wildman–Crippen MR) is 97.4 cm³/mol. The van der Waals surface area contributed by atoms with Gasteiger partial charge in [0.2, 0.25) is 0 Å². The summed E-state index contributed by atoms with van der Waals surface area (Å²) in [5, 5.41) is 9.42. The molecule has 1 saturated heterocycles. The van der Waals surface area contributed by atoms with Crippen LogP contribution < -0.4 is 0 Å². The van der Waals surface area contributed by atoms with E-state index < -0.39 is 9.84 Å². The molecule has 1 amide bonds. The lowest BCUT2D eigenvalue weighted by Crippen LogP contribution is -2.52. The van der Waals surface area contributed by atoms with Gasteiger partial charge in [0.15, 0.2) is 9.84 Å². The first kappa shape index (κ1) is 19.9. The first-order chi connectivity index (χ1) is 11.9. The predicted octanol–water partition coefficient (Wildman–Crippen LogP) is 1.40. The van der Waals surface area contributed by atoms with Crippen molar-refractivity contribution in [2.24, 2.45) is 0 Å². The molecule has 25 heavy (non-hydrogen) atoms. The van der Waals surface area contributed by atoms with Gasteiger partial charge in [-0.15, -0.1) is 0 Å². The lowest BCUT2D eigenvalue weighted by atomic mass is 10.1. The minimum Gasteiger partial charge on any atom is -0.395 e. The van der Waals surface area contributed by atoms with Crippen LogP contribution in [0, 0.1) is 0 Å². The number of rotatable bonds is 7. The monoisotopic (exact) mass is 368 g/mol. The number of piperazine rings is 1. The van der Waals surface area contributed by atoms with E-state index in [1.165, 1.54) is 6.07 Å². The molecule has 140 valence electrons. The number of aliphatic hydroxyl groups excluding tert-OH is 1. The van der Waals surface area contributed by atoms with Gasteiger partial charge in [-0.25, -0.2) is 8.42 Å². The second kappa shape index (κ2) is 8.78. The molecule has 7 heteroatoms. The Balaban J connectivity index is 2.15. The van der Waals surface area contributed by atoms with Crippen molar-refractivity contribution < 1.29 is 18.3 Å². The first-order valence-electron chi connectivity index (χ1n) is 8.90. The van der Waals surface area contributed by atoms with Crippen molar-refractivity contribution in [1.82, 2.24) is 9.80 Å². The van der Waals surface area contributed by atoms with E-state index in [0.29, 0.717) is 32.6 Å². The number of carbonyl (C=O) groups is 1. The largest absolute Gasteiger partial charge is 0.395 e. The molecule has 1 fully saturated rings. The molecule has 1 aliphatic heterocycles. The summed E-state index contributed by atoms with van der Waals surface area (Å²) in [4.78, 5) is 16.9. The van der Waals surface area contributed by atoms with E-state index in [1.807, 2.05) is 13.8 Å². The maximum absolute atomic E-state index is 12.9. The van der Waals surface area contributed by atoms with Gasteiger partial charge >= 0.3 is 0 Å². The zero-order chi connectivity index (χ0) is 18.4. The van der Waals surface area contributed by atoms with Gasteiger partial charge in [0.1, 0.15) is 0 Å². The molecule has 0 bridgehead atoms. The topological polar surface area (TPSA) is 77.9 Å². The minimum absolute atomic E-state index is 0.0414. The van der Waals surface area contributed by atoms with E-state index in [0.717, 1.165) is 6.42 Å². The van der Waals surface area contributed by atoms with Crippen molar-refractivity contribution in [3.8, 4) is 0 Å². The van der Waals surface area contributed by atoms with Gasteiger partial charge in [-0.1, -0.05) is 26.0 Å². The smallest absolute Gasteiger partial charge is 0.255 e. The second-order valence-corrected chi connectivity index (χ2v) is 8.47. The maximum atomic E-state index is 12.9. The van der Waals surface area contributed by atoms with Crippen LogP contribution >= 0.6 is 0 Å². The number of sulfone groups is 1. The van der Waals surface area contributed by atoms with Crippen LogP contribution in [0.15, 0.2) is 29.2 Å². The van der Waals surface area contributed by atoms with Crippen molar-refractivity contribution in [1.29, 1.82) is 0 Å². The maximum Gasteiger partial charge on any atom is 0.255 e. The molecule has 1 atom stereocenters. The van der Waals surface area contributed by atoms with Gasteiger partial charge < -0.3 is 10.0 Å². The van der Waals surface area contributed by atoms with E-state index in [2.05, 4.69) is 4.90 Å². The van der Waals surface area contributed by atoms with Crippen molar-refractivity contribution in [2.75, 3.05) is 38.5 Å². The molecule has 1 N–H and O–H groups in total. The summed E-state index contributed by atoms with van der Waals surface area (Å²) in [5.74, 6) is -0.188. The van der Waals surface area contributed by atoms with Crippen LogP contribution in [0.4, 0.5) is 0 Å². The number of aliphatic hydroxyl groups is 1. The lowest BCUT2D eigenvalue weighted by Gasteiger charge is -2.38. The SMILES string of the molecule is CCCS(=O)(=O)c1ccccc1C(=O)N1CCN([C@H](CC)CO)CC1. The van der Waals surface area contributed by atoms with Gasteiger partial charge in [-0.2, -0.15) is 0 Å². The molecular formula is C18H28N2O4S. The lowest BCUT2D eigenvalue weighted by molar-refractivity contribution is 0.0469. The first-order valence-corrected chi connectivity index (χ1v) is 10.6. The van der Waals surface area contributed by atoms with Gasteiger partial charge in [0.05, 0.1) is 22.8 Å². The molecule has 0 unspecified atom stereocenters. The van der Waals surface area contributed by atoms with Crippen LogP contribution in [-0.4, -0.2) is 73.8 Å². The summed E-state index contributed by atoms with van der Waals surface area (Å²) in [6, 6.07) is 6.60. The second-order valence-electron chi connectivity index (χ2n) is 6.39. The van der Waals surface area contributed by atoms with Crippen molar-refractivity contribution in [2.45, 2.75) is 37.6 Å². The average molecular weight is 368 g/mol. The summed E-state index contributed by atoms with van der Waals surface area (Å²) in [5.41, 5.74) is 0.263. The third-order valence-corrected chi connectivity index (χ3v) is 6.70. The summed E-state index contributed by atoms with van der Waals surface area (Å²) in [6.07, 6.45) is 1.38. The molecule has 1 aliphatic rings. The number of hydrogen-bond acceptors (Lipinski definition) is 5. The fraction of sp³-hybridized carbons (Fsp3) is 0.611. The van der Waals surface area contributed by atoms with E-state index in [9.17, 15) is 18.3 Å². The number of nitrogens with zero attached hydrogens (tertiary/aromatic N) is 2. The molecule has 0 aromatic heterocycles. The minimum atomic E-state index is -3.45. The zero-order valence-electron chi connectivity index (χ0n) is 15.0. The molecule has 2 rings (SSSR count). The van der Waals surface area contributed by atoms with Crippen molar-refractivity contribution in [3.05, 3.63) is 29.8 Å². The van der Waals surface area contributed by atoms with Gasteiger partial charge in [-0.05, 0) is 25.0 Å². The molecule has 0 aliphatic carbocycles. The molecule has 0 saturated carbocycles. The number of amides is 1. The molecule has 1 aromatic rings. The Morgan fingerprint density at radius 1 is 1.16 bits per heavy atom. The molecule has 6 nitrogen and oxygen atoms in total. The van der Waals surface area contributed by atoms with E-state index in [4.69, 9.17) is 0 Å². The van der Waals surface area contributed by atoms with Crippen LogP contribution in [0.5, 0.6) is 0 Å². The Bertz CT molecular complexity index is 678. The number of benzene rings is 1. The fourth-order valence-electron chi connectivity index (χ4n) is 3.26. The van der Waals surface area contributed by atoms with Crippen LogP contribution in [-0.2, 0) is 9.84 Å².